The van der Waals surface area contributed by atoms with Crippen molar-refractivity contribution in [3.8, 4) is 0 Å². The molecule has 0 heterocycles. The summed E-state index contributed by atoms with van der Waals surface area (Å²) in [7, 11) is 0. The van der Waals surface area contributed by atoms with E-state index in [-0.39, 0.29) is 6.42 Å². The standard InChI is InChI=1S/C20H17FO3S/c1-12-16(9-13-5-3-4-6-19(13)25(2)24)15-8-7-14(21)10-18(15)17(12)11-20(22)23/h3-10H,11H2,1-2H3,(H,22,23). The second kappa shape index (κ2) is 6.86. The van der Waals surface area contributed by atoms with Gasteiger partial charge in [-0.1, -0.05) is 18.2 Å². The van der Waals surface area contributed by atoms with Crippen molar-refractivity contribution in [3.63, 3.8) is 0 Å². The summed E-state index contributed by atoms with van der Waals surface area (Å²) in [5, 5.41) is 9.19. The summed E-state index contributed by atoms with van der Waals surface area (Å²) in [6.07, 6.45) is 3.35. The molecule has 0 spiro atoms. The summed E-state index contributed by atoms with van der Waals surface area (Å²) >= 11 is -1.15. The normalized spacial score (nSPS) is 16.2. The van der Waals surface area contributed by atoms with Gasteiger partial charge in [-0.15, -0.1) is 0 Å². The van der Waals surface area contributed by atoms with Gasteiger partial charge in [-0.05, 0) is 76.3 Å². The SMILES string of the molecule is CC1=C(CC(=O)O)c2cc(F)ccc2C1=Cc1ccccc1[S+](C)[O-]. The molecule has 0 bridgehead atoms. The second-order valence-electron chi connectivity index (χ2n) is 5.91. The molecule has 2 aromatic rings. The van der Waals surface area contributed by atoms with Crippen molar-refractivity contribution in [2.45, 2.75) is 18.2 Å². The van der Waals surface area contributed by atoms with Crippen LogP contribution in [0.15, 0.2) is 52.9 Å². The van der Waals surface area contributed by atoms with Crippen molar-refractivity contribution in [2.75, 3.05) is 6.26 Å². The van der Waals surface area contributed by atoms with E-state index >= 15 is 0 Å². The van der Waals surface area contributed by atoms with Gasteiger partial charge in [0.15, 0.2) is 4.90 Å². The molecule has 3 rings (SSSR count). The van der Waals surface area contributed by atoms with Crippen molar-refractivity contribution in [2.24, 2.45) is 0 Å². The van der Waals surface area contributed by atoms with Gasteiger partial charge in [-0.25, -0.2) is 4.39 Å². The Hall–Kier alpha value is -2.37. The van der Waals surface area contributed by atoms with Gasteiger partial charge in [-0.2, -0.15) is 0 Å². The van der Waals surface area contributed by atoms with Gasteiger partial charge in [-0.3, -0.25) is 4.79 Å². The Morgan fingerprint density at radius 2 is 1.96 bits per heavy atom. The molecule has 1 atom stereocenters. The Balaban J connectivity index is 2.20. The minimum absolute atomic E-state index is 0.166. The summed E-state index contributed by atoms with van der Waals surface area (Å²) < 4.78 is 25.7. The minimum Gasteiger partial charge on any atom is -0.612 e. The molecule has 0 saturated carbocycles. The van der Waals surface area contributed by atoms with Crippen molar-refractivity contribution < 1.29 is 18.8 Å². The van der Waals surface area contributed by atoms with Crippen LogP contribution in [0.5, 0.6) is 0 Å². The van der Waals surface area contributed by atoms with E-state index in [9.17, 15) is 18.8 Å². The molecule has 1 aliphatic rings. The molecule has 1 aliphatic carbocycles. The first-order chi connectivity index (χ1) is 11.9. The lowest BCUT2D eigenvalue weighted by Crippen LogP contribution is -1.99. The van der Waals surface area contributed by atoms with Crippen LogP contribution in [0, 0.1) is 5.82 Å². The number of benzene rings is 2. The molecular weight excluding hydrogens is 339 g/mol. The fourth-order valence-corrected chi connectivity index (χ4v) is 3.88. The Morgan fingerprint density at radius 3 is 2.64 bits per heavy atom. The number of allylic oxidation sites excluding steroid dienone is 2. The molecule has 128 valence electrons. The quantitative estimate of drug-likeness (QED) is 0.828. The van der Waals surface area contributed by atoms with Gasteiger partial charge in [0.1, 0.15) is 12.1 Å². The van der Waals surface area contributed by atoms with E-state index in [1.54, 1.807) is 18.4 Å². The van der Waals surface area contributed by atoms with Crippen LogP contribution >= 0.6 is 0 Å². The van der Waals surface area contributed by atoms with Crippen molar-refractivity contribution in [1.82, 2.24) is 0 Å². The minimum atomic E-state index is -1.15. The number of carbonyl (C=O) groups is 1. The molecule has 2 aromatic carbocycles. The van der Waals surface area contributed by atoms with E-state index in [1.807, 2.05) is 31.2 Å². The highest BCUT2D eigenvalue weighted by atomic mass is 32.2. The van der Waals surface area contributed by atoms with Crippen LogP contribution in [0.25, 0.3) is 17.2 Å². The topological polar surface area (TPSA) is 60.4 Å². The van der Waals surface area contributed by atoms with Crippen LogP contribution in [-0.2, 0) is 16.0 Å². The predicted molar refractivity (Wildman–Crippen MR) is 97.9 cm³/mol. The van der Waals surface area contributed by atoms with E-state index in [2.05, 4.69) is 0 Å². The van der Waals surface area contributed by atoms with Crippen LogP contribution in [0.1, 0.15) is 30.0 Å². The Kier molecular flexibility index (Phi) is 4.79. The number of carboxylic acid groups (broad SMARTS) is 1. The highest BCUT2D eigenvalue weighted by Crippen LogP contribution is 2.44. The van der Waals surface area contributed by atoms with Crippen LogP contribution in [0.3, 0.4) is 0 Å². The Bertz CT molecular complexity index is 913. The summed E-state index contributed by atoms with van der Waals surface area (Å²) in [6, 6.07) is 11.8. The van der Waals surface area contributed by atoms with E-state index in [1.165, 1.54) is 12.1 Å². The number of fused-ring (bicyclic) bond motifs is 1. The molecule has 0 fully saturated rings. The number of aliphatic carboxylic acids is 1. The maximum Gasteiger partial charge on any atom is 0.307 e. The predicted octanol–water partition coefficient (Wildman–Crippen LogP) is 4.37. The van der Waals surface area contributed by atoms with E-state index in [0.717, 1.165) is 22.3 Å². The average Bonchev–Trinajstić information content (AvgIpc) is 2.80. The first kappa shape index (κ1) is 17.5. The Labute approximate surface area is 148 Å². The maximum atomic E-state index is 13.7. The molecule has 0 aromatic heterocycles. The molecule has 5 heteroatoms. The summed E-state index contributed by atoms with van der Waals surface area (Å²) in [6.45, 7) is 1.84. The number of rotatable bonds is 4. The van der Waals surface area contributed by atoms with Crippen LogP contribution in [0.2, 0.25) is 0 Å². The zero-order valence-corrected chi connectivity index (χ0v) is 14.7. The van der Waals surface area contributed by atoms with Gasteiger partial charge < -0.3 is 9.66 Å². The molecule has 25 heavy (non-hydrogen) atoms. The maximum absolute atomic E-state index is 13.7. The third kappa shape index (κ3) is 3.38. The van der Waals surface area contributed by atoms with Crippen molar-refractivity contribution >= 4 is 34.4 Å². The molecule has 1 N–H and O–H groups in total. The second-order valence-corrected chi connectivity index (χ2v) is 7.26. The third-order valence-electron chi connectivity index (χ3n) is 4.31. The van der Waals surface area contributed by atoms with Crippen LogP contribution < -0.4 is 0 Å². The molecule has 0 aliphatic heterocycles. The lowest BCUT2D eigenvalue weighted by atomic mass is 10.0. The van der Waals surface area contributed by atoms with Crippen LogP contribution in [0.4, 0.5) is 4.39 Å². The largest absolute Gasteiger partial charge is 0.612 e. The van der Waals surface area contributed by atoms with Crippen molar-refractivity contribution in [1.29, 1.82) is 0 Å². The van der Waals surface area contributed by atoms with Gasteiger partial charge in [0.25, 0.3) is 0 Å². The monoisotopic (exact) mass is 356 g/mol. The lowest BCUT2D eigenvalue weighted by molar-refractivity contribution is -0.135. The zero-order valence-electron chi connectivity index (χ0n) is 13.9. The molecule has 0 amide bonds. The Morgan fingerprint density at radius 1 is 1.24 bits per heavy atom. The van der Waals surface area contributed by atoms with E-state index in [0.29, 0.717) is 16.0 Å². The summed E-state index contributed by atoms with van der Waals surface area (Å²) in [5.41, 5.74) is 4.48. The average molecular weight is 356 g/mol. The smallest absolute Gasteiger partial charge is 0.307 e. The van der Waals surface area contributed by atoms with E-state index in [4.69, 9.17) is 0 Å². The van der Waals surface area contributed by atoms with Gasteiger partial charge in [0.05, 0.1) is 6.42 Å². The van der Waals surface area contributed by atoms with Crippen molar-refractivity contribution in [3.05, 3.63) is 70.5 Å². The lowest BCUT2D eigenvalue weighted by Gasteiger charge is -2.09. The molecule has 0 radical (unpaired) electrons. The third-order valence-corrected chi connectivity index (χ3v) is 5.30. The summed E-state index contributed by atoms with van der Waals surface area (Å²) in [4.78, 5) is 11.9. The van der Waals surface area contributed by atoms with E-state index < -0.39 is 23.0 Å². The first-order valence-electron chi connectivity index (χ1n) is 7.75. The first-order valence-corrected chi connectivity index (χ1v) is 9.30. The number of carboxylic acids is 1. The molecule has 1 unspecified atom stereocenters. The molecule has 0 saturated heterocycles. The fraction of sp³-hybridized carbons (Fsp3) is 0.150. The summed E-state index contributed by atoms with van der Waals surface area (Å²) in [5.74, 6) is -1.35. The highest BCUT2D eigenvalue weighted by Gasteiger charge is 2.26. The number of hydrogen-bond donors (Lipinski definition) is 1. The zero-order chi connectivity index (χ0) is 18.1. The number of halogens is 1. The van der Waals surface area contributed by atoms with Gasteiger partial charge >= 0.3 is 5.97 Å². The van der Waals surface area contributed by atoms with Crippen LogP contribution in [-0.4, -0.2) is 21.9 Å². The van der Waals surface area contributed by atoms with Gasteiger partial charge in [0.2, 0.25) is 0 Å². The molecular formula is C20H17FO3S. The highest BCUT2D eigenvalue weighted by molar-refractivity contribution is 7.90. The fourth-order valence-electron chi connectivity index (χ4n) is 3.15. The number of hydrogen-bond acceptors (Lipinski definition) is 2. The molecule has 3 nitrogen and oxygen atoms in total. The van der Waals surface area contributed by atoms with Gasteiger partial charge in [0, 0.05) is 5.56 Å².